The molecule has 14 heavy (non-hydrogen) atoms. The highest BCUT2D eigenvalue weighted by molar-refractivity contribution is 5.93. The molecule has 1 fully saturated rings. The first-order valence-electron chi connectivity index (χ1n) is 5.19. The Kier molecular flexibility index (Phi) is 2.53. The molecule has 1 N–H and O–H groups in total. The number of aryl methyl sites for hydroxylation is 1. The van der Waals surface area contributed by atoms with Crippen LogP contribution in [0.2, 0.25) is 0 Å². The third-order valence-electron chi connectivity index (χ3n) is 2.58. The van der Waals surface area contributed by atoms with Crippen LogP contribution in [0.25, 0.3) is 0 Å². The molecule has 1 aromatic rings. The molecule has 0 aromatic heterocycles. The van der Waals surface area contributed by atoms with Crippen molar-refractivity contribution in [3.8, 4) is 0 Å². The van der Waals surface area contributed by atoms with Gasteiger partial charge < -0.3 is 5.32 Å². The van der Waals surface area contributed by atoms with Gasteiger partial charge in [0.1, 0.15) is 0 Å². The minimum absolute atomic E-state index is 0.175. The molecular weight excluding hydrogens is 174 g/mol. The first-order chi connectivity index (χ1) is 6.79. The van der Waals surface area contributed by atoms with Crippen molar-refractivity contribution < 1.29 is 4.79 Å². The van der Waals surface area contributed by atoms with Gasteiger partial charge in [-0.25, -0.2) is 0 Å². The normalized spacial score (nSPS) is 15.2. The van der Waals surface area contributed by atoms with Crippen LogP contribution in [0.15, 0.2) is 24.3 Å². The zero-order chi connectivity index (χ0) is 9.97. The molecule has 1 aliphatic rings. The molecule has 2 nitrogen and oxygen atoms in total. The lowest BCUT2D eigenvalue weighted by Crippen LogP contribution is -2.13. The zero-order valence-corrected chi connectivity index (χ0v) is 8.42. The minimum Gasteiger partial charge on any atom is -0.326 e. The lowest BCUT2D eigenvalue weighted by atomic mass is 10.1. The summed E-state index contributed by atoms with van der Waals surface area (Å²) in [6.07, 6.45) is 3.15. The van der Waals surface area contributed by atoms with Crippen molar-refractivity contribution in [2.45, 2.75) is 26.2 Å². The van der Waals surface area contributed by atoms with Gasteiger partial charge in [-0.2, -0.15) is 0 Å². The second kappa shape index (κ2) is 3.82. The molecule has 1 aromatic carbocycles. The van der Waals surface area contributed by atoms with E-state index in [9.17, 15) is 4.79 Å². The maximum Gasteiger partial charge on any atom is 0.227 e. The fourth-order valence-corrected chi connectivity index (χ4v) is 1.41. The molecule has 2 rings (SSSR count). The standard InChI is InChI=1S/C12H15NO/c1-2-9-3-7-11(8-4-9)13-12(14)10-5-6-10/h3-4,7-8,10H,2,5-6H2,1H3,(H,13,14). The van der Waals surface area contributed by atoms with E-state index in [0.717, 1.165) is 24.9 Å². The smallest absolute Gasteiger partial charge is 0.227 e. The molecular formula is C12H15NO. The number of amides is 1. The van der Waals surface area contributed by atoms with Gasteiger partial charge in [0.15, 0.2) is 0 Å². The number of rotatable bonds is 3. The Bertz CT molecular complexity index is 325. The van der Waals surface area contributed by atoms with E-state index in [0.29, 0.717) is 0 Å². The fraction of sp³-hybridized carbons (Fsp3) is 0.417. The minimum atomic E-state index is 0.175. The van der Waals surface area contributed by atoms with Crippen LogP contribution in [0, 0.1) is 5.92 Å². The number of carbonyl (C=O) groups is 1. The molecule has 0 saturated heterocycles. The Morgan fingerprint density at radius 3 is 2.50 bits per heavy atom. The van der Waals surface area contributed by atoms with Gasteiger partial charge >= 0.3 is 0 Å². The van der Waals surface area contributed by atoms with E-state index >= 15 is 0 Å². The van der Waals surface area contributed by atoms with Crippen molar-refractivity contribution in [3.05, 3.63) is 29.8 Å². The van der Waals surface area contributed by atoms with Crippen LogP contribution in [0.5, 0.6) is 0 Å². The Balaban J connectivity index is 1.98. The molecule has 0 bridgehead atoms. The number of hydrogen-bond acceptors (Lipinski definition) is 1. The lowest BCUT2D eigenvalue weighted by Gasteiger charge is -2.04. The van der Waals surface area contributed by atoms with E-state index < -0.39 is 0 Å². The van der Waals surface area contributed by atoms with Gasteiger partial charge in [-0.05, 0) is 37.0 Å². The molecule has 1 amide bonds. The maximum absolute atomic E-state index is 11.4. The molecule has 0 spiro atoms. The molecule has 0 heterocycles. The topological polar surface area (TPSA) is 29.1 Å². The molecule has 0 atom stereocenters. The quantitative estimate of drug-likeness (QED) is 0.778. The first kappa shape index (κ1) is 9.25. The lowest BCUT2D eigenvalue weighted by molar-refractivity contribution is -0.117. The average Bonchev–Trinajstić information content (AvgIpc) is 3.02. The summed E-state index contributed by atoms with van der Waals surface area (Å²) in [6.45, 7) is 2.12. The van der Waals surface area contributed by atoms with Crippen LogP contribution in [0.4, 0.5) is 5.69 Å². The highest BCUT2D eigenvalue weighted by Gasteiger charge is 2.29. The van der Waals surface area contributed by atoms with Gasteiger partial charge in [-0.15, -0.1) is 0 Å². The molecule has 1 saturated carbocycles. The van der Waals surface area contributed by atoms with Gasteiger partial charge in [-0.3, -0.25) is 4.79 Å². The maximum atomic E-state index is 11.4. The van der Waals surface area contributed by atoms with Crippen LogP contribution in [-0.4, -0.2) is 5.91 Å². The summed E-state index contributed by atoms with van der Waals surface area (Å²) in [5.74, 6) is 0.454. The Labute approximate surface area is 84.3 Å². The number of hydrogen-bond donors (Lipinski definition) is 1. The Morgan fingerprint density at radius 2 is 2.00 bits per heavy atom. The van der Waals surface area contributed by atoms with Gasteiger partial charge in [0.25, 0.3) is 0 Å². The Morgan fingerprint density at radius 1 is 1.36 bits per heavy atom. The molecule has 74 valence electrons. The van der Waals surface area contributed by atoms with Crippen molar-refractivity contribution in [3.63, 3.8) is 0 Å². The van der Waals surface area contributed by atoms with E-state index in [2.05, 4.69) is 24.4 Å². The van der Waals surface area contributed by atoms with Crippen molar-refractivity contribution in [2.75, 3.05) is 5.32 Å². The van der Waals surface area contributed by atoms with Crippen molar-refractivity contribution in [1.82, 2.24) is 0 Å². The summed E-state index contributed by atoms with van der Waals surface area (Å²) < 4.78 is 0. The second-order valence-electron chi connectivity index (χ2n) is 3.81. The van der Waals surface area contributed by atoms with Crippen molar-refractivity contribution in [1.29, 1.82) is 0 Å². The van der Waals surface area contributed by atoms with E-state index in [1.54, 1.807) is 0 Å². The third kappa shape index (κ3) is 2.13. The second-order valence-corrected chi connectivity index (χ2v) is 3.81. The predicted molar refractivity (Wildman–Crippen MR) is 57.2 cm³/mol. The number of benzene rings is 1. The monoisotopic (exact) mass is 189 g/mol. The summed E-state index contributed by atoms with van der Waals surface area (Å²) >= 11 is 0. The molecule has 1 aliphatic carbocycles. The summed E-state index contributed by atoms with van der Waals surface area (Å²) in [4.78, 5) is 11.4. The van der Waals surface area contributed by atoms with E-state index in [1.807, 2.05) is 12.1 Å². The number of carbonyl (C=O) groups excluding carboxylic acids is 1. The summed E-state index contributed by atoms with van der Waals surface area (Å²) in [5.41, 5.74) is 2.22. The summed E-state index contributed by atoms with van der Waals surface area (Å²) in [5, 5.41) is 2.92. The average molecular weight is 189 g/mol. The number of anilines is 1. The van der Waals surface area contributed by atoms with Crippen LogP contribution in [-0.2, 0) is 11.2 Å². The largest absolute Gasteiger partial charge is 0.326 e. The summed E-state index contributed by atoms with van der Waals surface area (Å²) in [6, 6.07) is 8.06. The highest BCUT2D eigenvalue weighted by Crippen LogP contribution is 2.30. The van der Waals surface area contributed by atoms with E-state index in [1.165, 1.54) is 5.56 Å². The third-order valence-corrected chi connectivity index (χ3v) is 2.58. The van der Waals surface area contributed by atoms with Crippen LogP contribution >= 0.6 is 0 Å². The Hall–Kier alpha value is -1.31. The van der Waals surface area contributed by atoms with E-state index in [-0.39, 0.29) is 11.8 Å². The van der Waals surface area contributed by atoms with Crippen LogP contribution in [0.1, 0.15) is 25.3 Å². The molecule has 0 aliphatic heterocycles. The molecule has 0 radical (unpaired) electrons. The van der Waals surface area contributed by atoms with Crippen LogP contribution < -0.4 is 5.32 Å². The highest BCUT2D eigenvalue weighted by atomic mass is 16.2. The number of nitrogens with one attached hydrogen (secondary N) is 1. The SMILES string of the molecule is CCc1ccc(NC(=O)C2CC2)cc1. The predicted octanol–water partition coefficient (Wildman–Crippen LogP) is 2.60. The van der Waals surface area contributed by atoms with Crippen molar-refractivity contribution >= 4 is 11.6 Å². The molecule has 2 heteroatoms. The van der Waals surface area contributed by atoms with Gasteiger partial charge in [0.2, 0.25) is 5.91 Å². The zero-order valence-electron chi connectivity index (χ0n) is 8.42. The summed E-state index contributed by atoms with van der Waals surface area (Å²) in [7, 11) is 0. The van der Waals surface area contributed by atoms with Gasteiger partial charge in [0.05, 0.1) is 0 Å². The van der Waals surface area contributed by atoms with Gasteiger partial charge in [0, 0.05) is 11.6 Å². The fourth-order valence-electron chi connectivity index (χ4n) is 1.41. The van der Waals surface area contributed by atoms with Crippen molar-refractivity contribution in [2.24, 2.45) is 5.92 Å². The van der Waals surface area contributed by atoms with Crippen LogP contribution in [0.3, 0.4) is 0 Å². The molecule has 0 unspecified atom stereocenters. The van der Waals surface area contributed by atoms with E-state index in [4.69, 9.17) is 0 Å². The van der Waals surface area contributed by atoms with Gasteiger partial charge in [-0.1, -0.05) is 19.1 Å². The first-order valence-corrected chi connectivity index (χ1v) is 5.19.